The summed E-state index contributed by atoms with van der Waals surface area (Å²) in [5, 5.41) is 8.04. The fraction of sp³-hybridized carbons (Fsp3) is 0.524. The average molecular weight is 479 g/mol. The first-order valence-corrected chi connectivity index (χ1v) is 9.88. The van der Waals surface area contributed by atoms with Crippen LogP contribution < -0.4 is 5.32 Å². The summed E-state index contributed by atoms with van der Waals surface area (Å²) in [7, 11) is 1.90. The molecule has 0 spiro atoms. The second-order valence-electron chi connectivity index (χ2n) is 7.56. The highest BCUT2D eigenvalue weighted by molar-refractivity contribution is 14.0. The van der Waals surface area contributed by atoms with Crippen molar-refractivity contribution in [1.82, 2.24) is 20.0 Å². The van der Waals surface area contributed by atoms with Crippen LogP contribution in [0, 0.1) is 11.8 Å². The molecule has 1 N–H and O–H groups in total. The van der Waals surface area contributed by atoms with Crippen LogP contribution in [0.25, 0.3) is 5.69 Å². The van der Waals surface area contributed by atoms with E-state index in [1.54, 1.807) is 0 Å². The van der Waals surface area contributed by atoms with Gasteiger partial charge in [0.05, 0.1) is 11.9 Å². The number of guanidine groups is 1. The standard InChI is InChI=1S/C21H29N5.HI/c1-22-21(25-15-18-7-5-6-8-19(18)16-25)23-12-11-17-13-24-26(14-17)20-9-3-2-4-10-20;/h2-4,9-10,13-14,18-19H,5-8,11-12,15-16H2,1H3,(H,22,23);1H. The fourth-order valence-electron chi connectivity index (χ4n) is 4.44. The molecule has 0 amide bonds. The summed E-state index contributed by atoms with van der Waals surface area (Å²) in [6, 6.07) is 10.2. The molecule has 2 atom stereocenters. The van der Waals surface area contributed by atoms with Crippen molar-refractivity contribution < 1.29 is 0 Å². The van der Waals surface area contributed by atoms with Crippen LogP contribution >= 0.6 is 24.0 Å². The third kappa shape index (κ3) is 4.83. The van der Waals surface area contributed by atoms with Gasteiger partial charge >= 0.3 is 0 Å². The summed E-state index contributed by atoms with van der Waals surface area (Å²) in [4.78, 5) is 6.99. The van der Waals surface area contributed by atoms with Gasteiger partial charge < -0.3 is 10.2 Å². The molecule has 2 fully saturated rings. The Morgan fingerprint density at radius 2 is 1.85 bits per heavy atom. The Hall–Kier alpha value is -1.57. The highest BCUT2D eigenvalue weighted by Crippen LogP contribution is 2.35. The molecule has 1 saturated carbocycles. The third-order valence-corrected chi connectivity index (χ3v) is 5.84. The van der Waals surface area contributed by atoms with E-state index in [0.717, 1.165) is 36.4 Å². The molecule has 0 radical (unpaired) electrons. The van der Waals surface area contributed by atoms with Crippen LogP contribution in [0.2, 0.25) is 0 Å². The largest absolute Gasteiger partial charge is 0.356 e. The molecular formula is C21H30IN5. The number of likely N-dealkylation sites (tertiary alicyclic amines) is 1. The molecule has 2 aromatic rings. The minimum atomic E-state index is 0. The molecular weight excluding hydrogens is 449 g/mol. The van der Waals surface area contributed by atoms with E-state index in [2.05, 4.69) is 38.6 Å². The van der Waals surface area contributed by atoms with Crippen LogP contribution in [-0.4, -0.2) is 47.3 Å². The van der Waals surface area contributed by atoms with Crippen molar-refractivity contribution in [2.75, 3.05) is 26.7 Å². The summed E-state index contributed by atoms with van der Waals surface area (Å²) < 4.78 is 1.94. The maximum Gasteiger partial charge on any atom is 0.193 e. The van der Waals surface area contributed by atoms with Gasteiger partial charge in [-0.05, 0) is 48.8 Å². The second-order valence-corrected chi connectivity index (χ2v) is 7.56. The lowest BCUT2D eigenvalue weighted by atomic mass is 9.82. The molecule has 5 nitrogen and oxygen atoms in total. The number of fused-ring (bicyclic) bond motifs is 1. The molecule has 1 aromatic heterocycles. The number of para-hydroxylation sites is 1. The summed E-state index contributed by atoms with van der Waals surface area (Å²) in [6.07, 6.45) is 10.6. The Bertz CT molecular complexity index is 728. The van der Waals surface area contributed by atoms with E-state index in [4.69, 9.17) is 0 Å². The maximum atomic E-state index is 4.52. The minimum absolute atomic E-state index is 0. The Morgan fingerprint density at radius 1 is 1.15 bits per heavy atom. The normalized spacial score (nSPS) is 22.3. The third-order valence-electron chi connectivity index (χ3n) is 5.84. The lowest BCUT2D eigenvalue weighted by Gasteiger charge is -2.22. The SMILES string of the molecule is CN=C(NCCc1cnn(-c2ccccc2)c1)N1CC2CCCCC2C1.I. The first-order chi connectivity index (χ1) is 12.8. The number of benzene rings is 1. The molecule has 1 aromatic carbocycles. The number of nitrogens with one attached hydrogen (secondary N) is 1. The van der Waals surface area contributed by atoms with Crippen molar-refractivity contribution in [1.29, 1.82) is 0 Å². The first kappa shape index (κ1) is 20.2. The van der Waals surface area contributed by atoms with E-state index in [1.165, 1.54) is 44.3 Å². The predicted molar refractivity (Wildman–Crippen MR) is 121 cm³/mol. The van der Waals surface area contributed by atoms with E-state index in [1.807, 2.05) is 36.1 Å². The topological polar surface area (TPSA) is 45.5 Å². The number of aliphatic imine (C=N–C) groups is 1. The molecule has 1 aliphatic heterocycles. The van der Waals surface area contributed by atoms with Crippen LogP contribution in [0.15, 0.2) is 47.7 Å². The molecule has 146 valence electrons. The minimum Gasteiger partial charge on any atom is -0.356 e. The van der Waals surface area contributed by atoms with Gasteiger partial charge in [0.25, 0.3) is 0 Å². The number of nitrogens with zero attached hydrogens (tertiary/aromatic N) is 4. The van der Waals surface area contributed by atoms with Gasteiger partial charge in [0.2, 0.25) is 0 Å². The fourth-order valence-corrected chi connectivity index (χ4v) is 4.44. The molecule has 0 bridgehead atoms. The second kappa shape index (κ2) is 9.57. The van der Waals surface area contributed by atoms with Crippen molar-refractivity contribution in [3.05, 3.63) is 48.3 Å². The summed E-state index contributed by atoms with van der Waals surface area (Å²) in [5.41, 5.74) is 2.34. The quantitative estimate of drug-likeness (QED) is 0.413. The lowest BCUT2D eigenvalue weighted by Crippen LogP contribution is -2.41. The highest BCUT2D eigenvalue weighted by Gasteiger charge is 2.35. The predicted octanol–water partition coefficient (Wildman–Crippen LogP) is 3.73. The number of rotatable bonds is 4. The van der Waals surface area contributed by atoms with Crippen LogP contribution in [-0.2, 0) is 6.42 Å². The molecule has 2 unspecified atom stereocenters. The van der Waals surface area contributed by atoms with Gasteiger partial charge in [-0.15, -0.1) is 24.0 Å². The van der Waals surface area contributed by atoms with Gasteiger partial charge in [-0.2, -0.15) is 5.10 Å². The Labute approximate surface area is 179 Å². The van der Waals surface area contributed by atoms with E-state index in [9.17, 15) is 0 Å². The van der Waals surface area contributed by atoms with Gasteiger partial charge in [0.1, 0.15) is 0 Å². The number of hydrogen-bond donors (Lipinski definition) is 1. The molecule has 4 rings (SSSR count). The van der Waals surface area contributed by atoms with Crippen molar-refractivity contribution >= 4 is 29.9 Å². The van der Waals surface area contributed by atoms with E-state index < -0.39 is 0 Å². The molecule has 27 heavy (non-hydrogen) atoms. The van der Waals surface area contributed by atoms with E-state index >= 15 is 0 Å². The monoisotopic (exact) mass is 479 g/mol. The summed E-state index contributed by atoms with van der Waals surface area (Å²) >= 11 is 0. The smallest absolute Gasteiger partial charge is 0.193 e. The van der Waals surface area contributed by atoms with Crippen molar-refractivity contribution in [2.24, 2.45) is 16.8 Å². The van der Waals surface area contributed by atoms with Crippen molar-refractivity contribution in [2.45, 2.75) is 32.1 Å². The zero-order valence-electron chi connectivity index (χ0n) is 16.1. The molecule has 2 heterocycles. The van der Waals surface area contributed by atoms with Gasteiger partial charge in [0.15, 0.2) is 5.96 Å². The molecule has 1 saturated heterocycles. The lowest BCUT2D eigenvalue weighted by molar-refractivity contribution is 0.299. The van der Waals surface area contributed by atoms with Gasteiger partial charge in [-0.3, -0.25) is 4.99 Å². The van der Waals surface area contributed by atoms with Crippen LogP contribution in [0.3, 0.4) is 0 Å². The summed E-state index contributed by atoms with van der Waals surface area (Å²) in [5.74, 6) is 2.83. The van der Waals surface area contributed by atoms with E-state index in [-0.39, 0.29) is 24.0 Å². The number of aromatic nitrogens is 2. The van der Waals surface area contributed by atoms with Gasteiger partial charge in [-0.25, -0.2) is 4.68 Å². The Morgan fingerprint density at radius 3 is 2.52 bits per heavy atom. The summed E-state index contributed by atoms with van der Waals surface area (Å²) in [6.45, 7) is 3.24. The Kier molecular flexibility index (Phi) is 7.15. The van der Waals surface area contributed by atoms with Crippen molar-refractivity contribution in [3.8, 4) is 5.69 Å². The Balaban J connectivity index is 0.00000210. The van der Waals surface area contributed by atoms with Crippen molar-refractivity contribution in [3.63, 3.8) is 0 Å². The highest BCUT2D eigenvalue weighted by atomic mass is 127. The van der Waals surface area contributed by atoms with Crippen LogP contribution in [0.4, 0.5) is 0 Å². The van der Waals surface area contributed by atoms with E-state index in [0.29, 0.717) is 0 Å². The molecule has 1 aliphatic carbocycles. The van der Waals surface area contributed by atoms with Crippen LogP contribution in [0.1, 0.15) is 31.2 Å². The average Bonchev–Trinajstić information content (AvgIpc) is 3.33. The maximum absolute atomic E-state index is 4.52. The van der Waals surface area contributed by atoms with Crippen LogP contribution in [0.5, 0.6) is 0 Å². The number of hydrogen-bond acceptors (Lipinski definition) is 2. The van der Waals surface area contributed by atoms with Gasteiger partial charge in [0, 0.05) is 32.9 Å². The molecule has 2 aliphatic rings. The molecule has 6 heteroatoms. The van der Waals surface area contributed by atoms with Gasteiger partial charge in [-0.1, -0.05) is 31.0 Å². The number of halogens is 1. The zero-order chi connectivity index (χ0) is 17.8. The zero-order valence-corrected chi connectivity index (χ0v) is 18.4. The first-order valence-electron chi connectivity index (χ1n) is 9.88.